The average molecular weight is 330 g/mol. The van der Waals surface area contributed by atoms with Crippen LogP contribution in [0, 0.1) is 13.8 Å². The Morgan fingerprint density at radius 2 is 1.96 bits per heavy atom. The Bertz CT molecular complexity index is 682. The van der Waals surface area contributed by atoms with Crippen LogP contribution in [0.5, 0.6) is 0 Å². The van der Waals surface area contributed by atoms with E-state index in [0.29, 0.717) is 13.0 Å². The number of rotatable bonds is 6. The molecule has 2 rings (SSSR count). The summed E-state index contributed by atoms with van der Waals surface area (Å²) in [7, 11) is 1.89. The Balaban J connectivity index is 1.81. The lowest BCUT2D eigenvalue weighted by atomic mass is 10.1. The lowest BCUT2D eigenvalue weighted by Gasteiger charge is -2.16. The highest BCUT2D eigenvalue weighted by Crippen LogP contribution is 2.20. The SMILES string of the molecule is Cc1nn(C)c(C)c1[C@H](C)NC(=O)NCC[C@H](O)c1ccccc1. The Morgan fingerprint density at radius 1 is 1.29 bits per heavy atom. The molecular formula is C18H26N4O2. The van der Waals surface area contributed by atoms with Crippen molar-refractivity contribution in [3.63, 3.8) is 0 Å². The Labute approximate surface area is 142 Å². The van der Waals surface area contributed by atoms with Crippen LogP contribution in [0.4, 0.5) is 4.79 Å². The van der Waals surface area contributed by atoms with E-state index in [-0.39, 0.29) is 12.1 Å². The van der Waals surface area contributed by atoms with Gasteiger partial charge in [0.05, 0.1) is 17.8 Å². The second-order valence-electron chi connectivity index (χ2n) is 6.05. The topological polar surface area (TPSA) is 79.2 Å². The number of nitrogens with one attached hydrogen (secondary N) is 2. The van der Waals surface area contributed by atoms with Crippen LogP contribution >= 0.6 is 0 Å². The highest BCUT2D eigenvalue weighted by atomic mass is 16.3. The second kappa shape index (κ2) is 7.97. The van der Waals surface area contributed by atoms with E-state index in [2.05, 4.69) is 15.7 Å². The standard InChI is InChI=1S/C18H26N4O2/c1-12(17-13(2)21-22(4)14(17)3)20-18(24)19-11-10-16(23)15-8-6-5-7-9-15/h5-9,12,16,23H,10-11H2,1-4H3,(H2,19,20,24)/t12-,16-/m0/s1. The fraction of sp³-hybridized carbons (Fsp3) is 0.444. The number of carbonyl (C=O) groups is 1. The van der Waals surface area contributed by atoms with Gasteiger partial charge in [0.25, 0.3) is 0 Å². The number of hydrogen-bond acceptors (Lipinski definition) is 3. The van der Waals surface area contributed by atoms with Gasteiger partial charge in [-0.1, -0.05) is 30.3 Å². The van der Waals surface area contributed by atoms with Gasteiger partial charge >= 0.3 is 6.03 Å². The van der Waals surface area contributed by atoms with Crippen LogP contribution < -0.4 is 10.6 Å². The van der Waals surface area contributed by atoms with Gasteiger partial charge < -0.3 is 15.7 Å². The minimum absolute atomic E-state index is 0.127. The van der Waals surface area contributed by atoms with Crippen molar-refractivity contribution in [3.05, 3.63) is 52.8 Å². The summed E-state index contributed by atoms with van der Waals surface area (Å²) in [6, 6.07) is 9.06. The highest BCUT2D eigenvalue weighted by Gasteiger charge is 2.18. The summed E-state index contributed by atoms with van der Waals surface area (Å²) >= 11 is 0. The van der Waals surface area contributed by atoms with Crippen molar-refractivity contribution >= 4 is 6.03 Å². The summed E-state index contributed by atoms with van der Waals surface area (Å²) in [5.41, 5.74) is 3.86. The molecule has 0 aliphatic rings. The van der Waals surface area contributed by atoms with Gasteiger partial charge in [-0.25, -0.2) is 4.79 Å². The van der Waals surface area contributed by atoms with E-state index in [4.69, 9.17) is 0 Å². The highest BCUT2D eigenvalue weighted by molar-refractivity contribution is 5.74. The van der Waals surface area contributed by atoms with Crippen LogP contribution in [0.15, 0.2) is 30.3 Å². The number of hydrogen-bond donors (Lipinski definition) is 3. The smallest absolute Gasteiger partial charge is 0.315 e. The Morgan fingerprint density at radius 3 is 2.54 bits per heavy atom. The summed E-state index contributed by atoms with van der Waals surface area (Å²) < 4.78 is 1.82. The number of aliphatic hydroxyl groups is 1. The Hall–Kier alpha value is -2.34. The number of amides is 2. The first kappa shape index (κ1) is 18.0. The second-order valence-corrected chi connectivity index (χ2v) is 6.05. The molecule has 130 valence electrons. The van der Waals surface area contributed by atoms with Crippen LogP contribution in [-0.2, 0) is 7.05 Å². The zero-order chi connectivity index (χ0) is 17.7. The molecule has 24 heavy (non-hydrogen) atoms. The molecule has 0 aliphatic heterocycles. The molecule has 2 aromatic rings. The van der Waals surface area contributed by atoms with Gasteiger partial charge in [-0.2, -0.15) is 5.10 Å². The Kier molecular flexibility index (Phi) is 5.98. The van der Waals surface area contributed by atoms with Crippen LogP contribution in [0.1, 0.15) is 48.0 Å². The van der Waals surface area contributed by atoms with Crippen molar-refractivity contribution in [1.82, 2.24) is 20.4 Å². The molecule has 0 saturated heterocycles. The van der Waals surface area contributed by atoms with E-state index in [1.807, 2.05) is 62.8 Å². The van der Waals surface area contributed by atoms with E-state index in [0.717, 1.165) is 22.5 Å². The molecule has 0 unspecified atom stereocenters. The third-order valence-corrected chi connectivity index (χ3v) is 4.23. The van der Waals surface area contributed by atoms with Crippen LogP contribution in [0.3, 0.4) is 0 Å². The summed E-state index contributed by atoms with van der Waals surface area (Å²) in [4.78, 5) is 12.0. The summed E-state index contributed by atoms with van der Waals surface area (Å²) in [5.74, 6) is 0. The molecule has 0 fully saturated rings. The van der Waals surface area contributed by atoms with Crippen molar-refractivity contribution in [2.24, 2.45) is 7.05 Å². The van der Waals surface area contributed by atoms with Crippen molar-refractivity contribution in [3.8, 4) is 0 Å². The lowest BCUT2D eigenvalue weighted by molar-refractivity contribution is 0.166. The zero-order valence-electron chi connectivity index (χ0n) is 14.7. The van der Waals surface area contributed by atoms with Crippen molar-refractivity contribution in [2.75, 3.05) is 6.54 Å². The maximum atomic E-state index is 12.0. The van der Waals surface area contributed by atoms with Gasteiger partial charge in [-0.15, -0.1) is 0 Å². The third kappa shape index (κ3) is 4.35. The van der Waals surface area contributed by atoms with Gasteiger partial charge in [0.2, 0.25) is 0 Å². The fourth-order valence-corrected chi connectivity index (χ4v) is 2.90. The number of benzene rings is 1. The van der Waals surface area contributed by atoms with Crippen molar-refractivity contribution in [1.29, 1.82) is 0 Å². The molecule has 0 radical (unpaired) electrons. The molecule has 1 aromatic heterocycles. The monoisotopic (exact) mass is 330 g/mol. The first-order valence-corrected chi connectivity index (χ1v) is 8.17. The van der Waals surface area contributed by atoms with E-state index in [1.54, 1.807) is 0 Å². The van der Waals surface area contributed by atoms with Crippen LogP contribution in [0.2, 0.25) is 0 Å². The van der Waals surface area contributed by atoms with Gasteiger partial charge in [-0.05, 0) is 32.8 Å². The lowest BCUT2D eigenvalue weighted by Crippen LogP contribution is -2.38. The maximum absolute atomic E-state index is 12.0. The molecule has 6 nitrogen and oxygen atoms in total. The normalized spacial score (nSPS) is 13.4. The molecule has 1 heterocycles. The number of aromatic nitrogens is 2. The minimum atomic E-state index is -0.577. The van der Waals surface area contributed by atoms with Crippen LogP contribution in [0.25, 0.3) is 0 Å². The fourth-order valence-electron chi connectivity index (χ4n) is 2.90. The molecule has 0 spiro atoms. The predicted octanol–water partition coefficient (Wildman–Crippen LogP) is 2.52. The molecular weight excluding hydrogens is 304 g/mol. The number of carbonyl (C=O) groups excluding carboxylic acids is 1. The maximum Gasteiger partial charge on any atom is 0.315 e. The van der Waals surface area contributed by atoms with Crippen LogP contribution in [-0.4, -0.2) is 27.5 Å². The average Bonchev–Trinajstić information content (AvgIpc) is 2.80. The third-order valence-electron chi connectivity index (χ3n) is 4.23. The van der Waals surface area contributed by atoms with Gasteiger partial charge in [-0.3, -0.25) is 4.68 Å². The summed E-state index contributed by atoms with van der Waals surface area (Å²) in [6.45, 7) is 6.27. The number of aliphatic hydroxyl groups excluding tert-OH is 1. The molecule has 0 aliphatic carbocycles. The van der Waals surface area contributed by atoms with Gasteiger partial charge in [0.1, 0.15) is 0 Å². The number of aryl methyl sites for hydroxylation is 2. The van der Waals surface area contributed by atoms with Gasteiger partial charge in [0, 0.05) is 24.8 Å². The first-order valence-electron chi connectivity index (χ1n) is 8.17. The predicted molar refractivity (Wildman–Crippen MR) is 93.7 cm³/mol. The summed E-state index contributed by atoms with van der Waals surface area (Å²) in [5, 5.41) is 20.2. The van der Waals surface area contributed by atoms with E-state index < -0.39 is 6.10 Å². The largest absolute Gasteiger partial charge is 0.388 e. The molecule has 1 aromatic carbocycles. The quantitative estimate of drug-likeness (QED) is 0.761. The van der Waals surface area contributed by atoms with Crippen molar-refractivity contribution in [2.45, 2.75) is 39.3 Å². The molecule has 0 bridgehead atoms. The molecule has 2 atom stereocenters. The zero-order valence-corrected chi connectivity index (χ0v) is 14.7. The molecule has 0 saturated carbocycles. The molecule has 6 heteroatoms. The van der Waals surface area contributed by atoms with E-state index in [9.17, 15) is 9.90 Å². The molecule has 3 N–H and O–H groups in total. The number of nitrogens with zero attached hydrogens (tertiary/aromatic N) is 2. The van der Waals surface area contributed by atoms with E-state index >= 15 is 0 Å². The van der Waals surface area contributed by atoms with Crippen molar-refractivity contribution < 1.29 is 9.90 Å². The van der Waals surface area contributed by atoms with E-state index in [1.165, 1.54) is 0 Å². The minimum Gasteiger partial charge on any atom is -0.388 e. The van der Waals surface area contributed by atoms with Gasteiger partial charge in [0.15, 0.2) is 0 Å². The summed E-state index contributed by atoms with van der Waals surface area (Å²) in [6.07, 6.45) is -0.108. The first-order chi connectivity index (χ1) is 11.4. The number of urea groups is 1. The molecule has 2 amide bonds.